The minimum atomic E-state index is -0.384. The summed E-state index contributed by atoms with van der Waals surface area (Å²) in [6, 6.07) is 0.0503. The standard InChI is InChI=1S/C11H21NO2S2/c1-4-6-7-9(3)12(11(15)16)10(13)14-8-5-2/h9H,4-8H2,1-3H3,(H,15,16). The van der Waals surface area contributed by atoms with Crippen LogP contribution >= 0.6 is 24.8 Å². The summed E-state index contributed by atoms with van der Waals surface area (Å²) in [6.07, 6.45) is 3.50. The molecule has 3 nitrogen and oxygen atoms in total. The fourth-order valence-electron chi connectivity index (χ4n) is 1.33. The first-order valence-electron chi connectivity index (χ1n) is 5.73. The molecule has 16 heavy (non-hydrogen) atoms. The Kier molecular flexibility index (Phi) is 8.66. The number of hydrogen-bond acceptors (Lipinski definition) is 3. The Bertz CT molecular complexity index is 234. The highest BCUT2D eigenvalue weighted by Crippen LogP contribution is 2.13. The van der Waals surface area contributed by atoms with Crippen molar-refractivity contribution in [2.24, 2.45) is 0 Å². The quantitative estimate of drug-likeness (QED) is 0.586. The molecule has 0 N–H and O–H groups in total. The second-order valence-corrected chi connectivity index (χ2v) is 4.87. The van der Waals surface area contributed by atoms with Crippen LogP contribution in [0.15, 0.2) is 0 Å². The number of carbonyl (C=O) groups is 1. The van der Waals surface area contributed by atoms with Crippen LogP contribution in [0.3, 0.4) is 0 Å². The van der Waals surface area contributed by atoms with Crippen molar-refractivity contribution < 1.29 is 9.53 Å². The minimum Gasteiger partial charge on any atom is -0.449 e. The highest BCUT2D eigenvalue weighted by Gasteiger charge is 2.23. The summed E-state index contributed by atoms with van der Waals surface area (Å²) in [4.78, 5) is 13.2. The molecule has 0 saturated heterocycles. The Morgan fingerprint density at radius 2 is 2.06 bits per heavy atom. The molecule has 0 radical (unpaired) electrons. The van der Waals surface area contributed by atoms with Crippen LogP contribution in [0.25, 0.3) is 0 Å². The highest BCUT2D eigenvalue weighted by molar-refractivity contribution is 8.11. The molecule has 0 rings (SSSR count). The topological polar surface area (TPSA) is 29.5 Å². The molecule has 0 aliphatic carbocycles. The maximum atomic E-state index is 11.7. The summed E-state index contributed by atoms with van der Waals surface area (Å²) in [5, 5.41) is 0. The van der Waals surface area contributed by atoms with E-state index in [0.29, 0.717) is 6.61 Å². The summed E-state index contributed by atoms with van der Waals surface area (Å²) in [5.41, 5.74) is 0. The molecule has 0 heterocycles. The summed E-state index contributed by atoms with van der Waals surface area (Å²) in [6.45, 7) is 6.46. The third-order valence-corrected chi connectivity index (χ3v) is 2.66. The number of thiol groups is 1. The van der Waals surface area contributed by atoms with Crippen LogP contribution < -0.4 is 0 Å². The summed E-state index contributed by atoms with van der Waals surface area (Å²) in [5.74, 6) is 0. The van der Waals surface area contributed by atoms with Crippen LogP contribution in [-0.2, 0) is 4.74 Å². The van der Waals surface area contributed by atoms with Gasteiger partial charge in [0, 0.05) is 6.04 Å². The predicted octanol–water partition coefficient (Wildman–Crippen LogP) is 3.63. The zero-order valence-corrected chi connectivity index (χ0v) is 11.9. The molecular weight excluding hydrogens is 242 g/mol. The van der Waals surface area contributed by atoms with Gasteiger partial charge in [0.15, 0.2) is 0 Å². The van der Waals surface area contributed by atoms with Gasteiger partial charge in [-0.05, 0) is 19.8 Å². The smallest absolute Gasteiger partial charge is 0.415 e. The molecule has 1 atom stereocenters. The largest absolute Gasteiger partial charge is 0.449 e. The second-order valence-electron chi connectivity index (χ2n) is 3.76. The molecule has 0 aromatic rings. The number of amides is 1. The molecule has 1 unspecified atom stereocenters. The highest BCUT2D eigenvalue weighted by atomic mass is 32.1. The zero-order valence-electron chi connectivity index (χ0n) is 10.2. The summed E-state index contributed by atoms with van der Waals surface area (Å²) < 4.78 is 5.35. The normalized spacial score (nSPS) is 12.0. The molecule has 5 heteroatoms. The van der Waals surface area contributed by atoms with Crippen LogP contribution in [0.2, 0.25) is 0 Å². The molecule has 0 aliphatic rings. The first-order chi connectivity index (χ1) is 7.54. The van der Waals surface area contributed by atoms with Gasteiger partial charge in [-0.1, -0.05) is 38.9 Å². The van der Waals surface area contributed by atoms with Crippen molar-refractivity contribution in [1.29, 1.82) is 0 Å². The first-order valence-corrected chi connectivity index (χ1v) is 6.59. The average Bonchev–Trinajstić information content (AvgIpc) is 2.23. The number of rotatable bonds is 6. The van der Waals surface area contributed by atoms with E-state index in [1.807, 2.05) is 13.8 Å². The number of nitrogens with zero attached hydrogens (tertiary/aromatic N) is 1. The van der Waals surface area contributed by atoms with Gasteiger partial charge in [-0.2, -0.15) is 0 Å². The Hall–Kier alpha value is -0.290. The van der Waals surface area contributed by atoms with Crippen molar-refractivity contribution in [3.8, 4) is 0 Å². The van der Waals surface area contributed by atoms with Crippen molar-refractivity contribution >= 4 is 35.3 Å². The fourth-order valence-corrected chi connectivity index (χ4v) is 1.87. The van der Waals surface area contributed by atoms with E-state index in [9.17, 15) is 4.79 Å². The van der Waals surface area contributed by atoms with Crippen molar-refractivity contribution in [2.45, 2.75) is 52.5 Å². The number of hydrogen-bond donors (Lipinski definition) is 1. The lowest BCUT2D eigenvalue weighted by Gasteiger charge is -2.26. The molecule has 0 bridgehead atoms. The van der Waals surface area contributed by atoms with Crippen LogP contribution in [0, 0.1) is 0 Å². The third-order valence-electron chi connectivity index (χ3n) is 2.25. The van der Waals surface area contributed by atoms with Crippen molar-refractivity contribution in [2.75, 3.05) is 6.61 Å². The van der Waals surface area contributed by atoms with Crippen LogP contribution in [0.1, 0.15) is 46.5 Å². The Morgan fingerprint density at radius 1 is 1.44 bits per heavy atom. The van der Waals surface area contributed by atoms with Crippen molar-refractivity contribution in [1.82, 2.24) is 4.90 Å². The van der Waals surface area contributed by atoms with E-state index in [1.54, 1.807) is 0 Å². The SMILES string of the molecule is CCCCC(C)N(C(=O)OCCC)C(=S)S. The number of ether oxygens (including phenoxy) is 1. The molecule has 0 saturated carbocycles. The van der Waals surface area contributed by atoms with Gasteiger partial charge in [-0.3, -0.25) is 4.90 Å². The first kappa shape index (κ1) is 15.7. The molecule has 0 spiro atoms. The Morgan fingerprint density at radius 3 is 2.50 bits per heavy atom. The maximum absolute atomic E-state index is 11.7. The van der Waals surface area contributed by atoms with Gasteiger partial charge in [-0.25, -0.2) is 4.79 Å². The zero-order chi connectivity index (χ0) is 12.6. The van der Waals surface area contributed by atoms with Gasteiger partial charge < -0.3 is 4.74 Å². The van der Waals surface area contributed by atoms with E-state index < -0.39 is 0 Å². The van der Waals surface area contributed by atoms with Gasteiger partial charge >= 0.3 is 6.09 Å². The molecule has 0 aromatic heterocycles. The van der Waals surface area contributed by atoms with Crippen LogP contribution in [0.4, 0.5) is 4.79 Å². The maximum Gasteiger partial charge on any atom is 0.415 e. The predicted molar refractivity (Wildman–Crippen MR) is 74.0 cm³/mol. The van der Waals surface area contributed by atoms with Gasteiger partial charge in [0.05, 0.1) is 6.61 Å². The van der Waals surface area contributed by atoms with E-state index in [-0.39, 0.29) is 16.5 Å². The van der Waals surface area contributed by atoms with E-state index in [1.165, 1.54) is 4.90 Å². The molecule has 1 amide bonds. The lowest BCUT2D eigenvalue weighted by atomic mass is 10.1. The second kappa shape index (κ2) is 8.82. The summed E-state index contributed by atoms with van der Waals surface area (Å²) in [7, 11) is 0. The molecular formula is C11H21NO2S2. The molecule has 94 valence electrons. The average molecular weight is 263 g/mol. The van der Waals surface area contributed by atoms with Gasteiger partial charge in [0.2, 0.25) is 0 Å². The summed E-state index contributed by atoms with van der Waals surface area (Å²) >= 11 is 9.03. The lowest BCUT2D eigenvalue weighted by molar-refractivity contribution is 0.114. The van der Waals surface area contributed by atoms with E-state index in [4.69, 9.17) is 17.0 Å². The van der Waals surface area contributed by atoms with Crippen LogP contribution in [-0.4, -0.2) is 28.0 Å². The van der Waals surface area contributed by atoms with E-state index in [2.05, 4.69) is 19.6 Å². The third kappa shape index (κ3) is 5.70. The number of thiocarbonyl (C=S) groups is 1. The van der Waals surface area contributed by atoms with E-state index in [0.717, 1.165) is 25.7 Å². The Balaban J connectivity index is 4.35. The molecule has 0 aliphatic heterocycles. The van der Waals surface area contributed by atoms with Gasteiger partial charge in [0.25, 0.3) is 0 Å². The monoisotopic (exact) mass is 263 g/mol. The lowest BCUT2D eigenvalue weighted by Crippen LogP contribution is -2.40. The fraction of sp³-hybridized carbons (Fsp3) is 0.818. The number of carbonyl (C=O) groups excluding carboxylic acids is 1. The Labute approximate surface area is 109 Å². The molecule has 0 aromatic carbocycles. The van der Waals surface area contributed by atoms with Crippen molar-refractivity contribution in [3.63, 3.8) is 0 Å². The van der Waals surface area contributed by atoms with Crippen LogP contribution in [0.5, 0.6) is 0 Å². The van der Waals surface area contributed by atoms with Gasteiger partial charge in [0.1, 0.15) is 4.32 Å². The van der Waals surface area contributed by atoms with Gasteiger partial charge in [-0.15, -0.1) is 12.6 Å². The molecule has 0 fully saturated rings. The minimum absolute atomic E-state index is 0.0503. The number of unbranched alkanes of at least 4 members (excludes halogenated alkanes) is 1. The van der Waals surface area contributed by atoms with Crippen molar-refractivity contribution in [3.05, 3.63) is 0 Å². The van der Waals surface area contributed by atoms with E-state index >= 15 is 0 Å².